The zero-order chi connectivity index (χ0) is 17.2. The normalized spacial score (nSPS) is 22.5. The van der Waals surface area contributed by atoms with Crippen LogP contribution in [0, 0.1) is 0 Å². The van der Waals surface area contributed by atoms with Crippen LogP contribution in [0.15, 0.2) is 48.5 Å². The van der Waals surface area contributed by atoms with Gasteiger partial charge < -0.3 is 20.9 Å². The van der Waals surface area contributed by atoms with Gasteiger partial charge in [0.2, 0.25) is 0 Å². The summed E-state index contributed by atoms with van der Waals surface area (Å²) in [6, 6.07) is 15.9. The summed E-state index contributed by atoms with van der Waals surface area (Å²) in [5.74, 6) is -0.174. The Morgan fingerprint density at radius 2 is 1.68 bits per heavy atom. The molecule has 3 fully saturated rings. The van der Waals surface area contributed by atoms with Crippen molar-refractivity contribution in [2.75, 3.05) is 42.1 Å². The van der Waals surface area contributed by atoms with Crippen LogP contribution in [0.25, 0.3) is 0 Å². The summed E-state index contributed by atoms with van der Waals surface area (Å²) in [6.07, 6.45) is 2.48. The highest BCUT2D eigenvalue weighted by molar-refractivity contribution is 6.07. The van der Waals surface area contributed by atoms with Crippen LogP contribution in [-0.2, 0) is 0 Å². The van der Waals surface area contributed by atoms with Crippen molar-refractivity contribution in [3.8, 4) is 0 Å². The van der Waals surface area contributed by atoms with E-state index in [1.54, 1.807) is 12.1 Å². The molecule has 25 heavy (non-hydrogen) atoms. The highest BCUT2D eigenvalue weighted by Crippen LogP contribution is 2.28. The quantitative estimate of drug-likeness (QED) is 0.846. The lowest BCUT2D eigenvalue weighted by Crippen LogP contribution is -2.37. The molecule has 3 heterocycles. The Balaban J connectivity index is 1.47. The lowest BCUT2D eigenvalue weighted by atomic mass is 10.0. The molecule has 0 saturated carbocycles. The molecular weight excluding hydrogens is 312 g/mol. The van der Waals surface area contributed by atoms with Crippen molar-refractivity contribution in [1.29, 1.82) is 0 Å². The van der Waals surface area contributed by atoms with Gasteiger partial charge in [-0.2, -0.15) is 0 Å². The van der Waals surface area contributed by atoms with Crippen molar-refractivity contribution in [1.82, 2.24) is 4.90 Å². The minimum Gasteiger partial charge on any atom is -0.398 e. The first kappa shape index (κ1) is 16.0. The van der Waals surface area contributed by atoms with E-state index >= 15 is 0 Å². The number of carbonyl (C=O) groups excluding carboxylic acids is 1. The number of carbonyl (C=O) groups is 1. The predicted molar refractivity (Wildman–Crippen MR) is 102 cm³/mol. The first-order valence-corrected chi connectivity index (χ1v) is 8.95. The van der Waals surface area contributed by atoms with Gasteiger partial charge >= 0.3 is 0 Å². The van der Waals surface area contributed by atoms with Gasteiger partial charge in [-0.15, -0.1) is 0 Å². The Morgan fingerprint density at radius 1 is 0.960 bits per heavy atom. The molecule has 3 N–H and O–H groups in total. The third kappa shape index (κ3) is 3.33. The number of nitrogens with zero attached hydrogens (tertiary/aromatic N) is 2. The number of para-hydroxylation sites is 1. The predicted octanol–water partition coefficient (Wildman–Crippen LogP) is 2.81. The molecule has 130 valence electrons. The summed E-state index contributed by atoms with van der Waals surface area (Å²) in [5, 5.41) is 2.93. The van der Waals surface area contributed by atoms with E-state index in [1.807, 2.05) is 24.3 Å². The highest BCUT2D eigenvalue weighted by Gasteiger charge is 2.28. The Labute approximate surface area is 148 Å². The molecule has 1 amide bonds. The molecule has 5 nitrogen and oxygen atoms in total. The molecule has 0 aliphatic carbocycles. The van der Waals surface area contributed by atoms with Crippen molar-refractivity contribution in [3.05, 3.63) is 54.1 Å². The third-order valence-electron chi connectivity index (χ3n) is 5.32. The van der Waals surface area contributed by atoms with Gasteiger partial charge in [-0.05, 0) is 49.2 Å². The fourth-order valence-corrected chi connectivity index (χ4v) is 3.86. The van der Waals surface area contributed by atoms with Crippen LogP contribution < -0.4 is 16.0 Å². The molecular formula is C20H24N4O. The van der Waals surface area contributed by atoms with Crippen molar-refractivity contribution in [3.63, 3.8) is 0 Å². The summed E-state index contributed by atoms with van der Waals surface area (Å²) in [4.78, 5) is 17.4. The van der Waals surface area contributed by atoms with Crippen molar-refractivity contribution >= 4 is 23.0 Å². The zero-order valence-electron chi connectivity index (χ0n) is 14.3. The molecule has 3 aliphatic rings. The molecule has 5 rings (SSSR count). The number of fused-ring (bicyclic) bond motifs is 4. The average Bonchev–Trinajstić information content (AvgIpc) is 2.97. The van der Waals surface area contributed by atoms with Gasteiger partial charge in [0.05, 0.1) is 5.56 Å². The van der Waals surface area contributed by atoms with Crippen LogP contribution in [0.5, 0.6) is 0 Å². The Bertz CT molecular complexity index is 751. The molecule has 5 heteroatoms. The number of benzene rings is 2. The number of rotatable bonds is 3. The topological polar surface area (TPSA) is 61.6 Å². The van der Waals surface area contributed by atoms with Gasteiger partial charge in [-0.3, -0.25) is 4.79 Å². The number of amides is 1. The van der Waals surface area contributed by atoms with E-state index in [1.165, 1.54) is 31.6 Å². The van der Waals surface area contributed by atoms with Crippen LogP contribution in [0.1, 0.15) is 23.2 Å². The molecule has 0 aromatic heterocycles. The molecule has 3 saturated heterocycles. The number of nitrogens with two attached hydrogens (primary N) is 1. The smallest absolute Gasteiger partial charge is 0.257 e. The molecule has 3 aliphatic heterocycles. The second kappa shape index (κ2) is 6.76. The maximum Gasteiger partial charge on any atom is 0.257 e. The standard InChI is InChI=1S/C20H24N4O/c21-19-4-2-1-3-18(19)20(25)22-15-5-7-16(8-6-15)24-14-13-23-11-9-17(24)10-12-23/h1-8,17H,9-14,21H2,(H,22,25). The molecule has 0 radical (unpaired) electrons. The van der Waals surface area contributed by atoms with Crippen molar-refractivity contribution in [2.45, 2.75) is 18.9 Å². The Kier molecular flexibility index (Phi) is 4.32. The number of nitrogens with one attached hydrogen (secondary N) is 1. The second-order valence-corrected chi connectivity index (χ2v) is 6.85. The van der Waals surface area contributed by atoms with Gasteiger partial charge in [0, 0.05) is 49.3 Å². The molecule has 2 aromatic carbocycles. The van der Waals surface area contributed by atoms with Gasteiger partial charge in [0.1, 0.15) is 0 Å². The lowest BCUT2D eigenvalue weighted by Gasteiger charge is -2.33. The van der Waals surface area contributed by atoms with Crippen LogP contribution in [0.2, 0.25) is 0 Å². The lowest BCUT2D eigenvalue weighted by molar-refractivity contribution is 0.102. The average molecular weight is 336 g/mol. The fraction of sp³-hybridized carbons (Fsp3) is 0.350. The van der Waals surface area contributed by atoms with Crippen LogP contribution >= 0.6 is 0 Å². The molecule has 2 aromatic rings. The van der Waals surface area contributed by atoms with Gasteiger partial charge in [0.15, 0.2) is 0 Å². The molecule has 2 bridgehead atoms. The van der Waals surface area contributed by atoms with Crippen molar-refractivity contribution < 1.29 is 4.79 Å². The van der Waals surface area contributed by atoms with E-state index in [9.17, 15) is 4.79 Å². The maximum atomic E-state index is 12.4. The summed E-state index contributed by atoms with van der Waals surface area (Å²) in [7, 11) is 0. The molecule has 0 unspecified atom stereocenters. The van der Waals surface area contributed by atoms with E-state index in [0.29, 0.717) is 17.3 Å². The van der Waals surface area contributed by atoms with E-state index in [-0.39, 0.29) is 5.91 Å². The fourth-order valence-electron chi connectivity index (χ4n) is 3.86. The van der Waals surface area contributed by atoms with E-state index in [0.717, 1.165) is 18.8 Å². The monoisotopic (exact) mass is 336 g/mol. The number of nitrogen functional groups attached to an aromatic ring is 1. The summed E-state index contributed by atoms with van der Waals surface area (Å²) < 4.78 is 0. The largest absolute Gasteiger partial charge is 0.398 e. The Morgan fingerprint density at radius 3 is 2.40 bits per heavy atom. The summed E-state index contributed by atoms with van der Waals surface area (Å²) in [5.41, 5.74) is 8.91. The van der Waals surface area contributed by atoms with E-state index < -0.39 is 0 Å². The highest BCUT2D eigenvalue weighted by atomic mass is 16.1. The number of anilines is 3. The minimum atomic E-state index is -0.174. The molecule has 0 atom stereocenters. The first-order chi connectivity index (χ1) is 12.2. The number of hydrogen-bond acceptors (Lipinski definition) is 4. The van der Waals surface area contributed by atoms with Crippen LogP contribution in [0.4, 0.5) is 17.1 Å². The van der Waals surface area contributed by atoms with Gasteiger partial charge in [-0.25, -0.2) is 0 Å². The van der Waals surface area contributed by atoms with E-state index in [2.05, 4.69) is 27.2 Å². The maximum absolute atomic E-state index is 12.4. The van der Waals surface area contributed by atoms with Gasteiger partial charge in [0.25, 0.3) is 5.91 Å². The first-order valence-electron chi connectivity index (χ1n) is 8.95. The Hall–Kier alpha value is -2.53. The third-order valence-corrected chi connectivity index (χ3v) is 5.32. The van der Waals surface area contributed by atoms with Crippen LogP contribution in [0.3, 0.4) is 0 Å². The molecule has 0 spiro atoms. The van der Waals surface area contributed by atoms with Crippen LogP contribution in [-0.4, -0.2) is 43.0 Å². The zero-order valence-corrected chi connectivity index (χ0v) is 14.3. The van der Waals surface area contributed by atoms with Crippen molar-refractivity contribution in [2.24, 2.45) is 0 Å². The van der Waals surface area contributed by atoms with Gasteiger partial charge in [-0.1, -0.05) is 12.1 Å². The summed E-state index contributed by atoms with van der Waals surface area (Å²) in [6.45, 7) is 4.65. The SMILES string of the molecule is Nc1ccccc1C(=O)Nc1ccc(N2CCN3CCC2CC3)cc1. The second-order valence-electron chi connectivity index (χ2n) is 6.85. The summed E-state index contributed by atoms with van der Waals surface area (Å²) >= 11 is 0. The minimum absolute atomic E-state index is 0.174. The number of piperidine rings is 1. The number of hydrogen-bond donors (Lipinski definition) is 2. The van der Waals surface area contributed by atoms with E-state index in [4.69, 9.17) is 5.73 Å².